The van der Waals surface area contributed by atoms with Gasteiger partial charge in [-0.2, -0.15) is 5.10 Å². The minimum Gasteiger partial charge on any atom is -0.326 e. The van der Waals surface area contributed by atoms with Crippen LogP contribution in [0.3, 0.4) is 0 Å². The van der Waals surface area contributed by atoms with E-state index in [1.54, 1.807) is 12.3 Å². The normalized spacial score (nSPS) is 12.1. The number of nitrogens with zero attached hydrogens (tertiary/aromatic N) is 1. The molecule has 0 spiro atoms. The van der Waals surface area contributed by atoms with Crippen LogP contribution in [0.1, 0.15) is 24.2 Å². The van der Waals surface area contributed by atoms with Gasteiger partial charge in [0.2, 0.25) is 5.91 Å². The largest absolute Gasteiger partial charge is 0.326 e. The van der Waals surface area contributed by atoms with Crippen LogP contribution in [-0.2, 0) is 11.2 Å². The third-order valence-electron chi connectivity index (χ3n) is 2.63. The smallest absolute Gasteiger partial charge is 0.230 e. The Morgan fingerprint density at radius 3 is 2.67 bits per heavy atom. The van der Waals surface area contributed by atoms with Gasteiger partial charge >= 0.3 is 0 Å². The van der Waals surface area contributed by atoms with E-state index in [9.17, 15) is 4.79 Å². The molecule has 1 amide bonds. The maximum Gasteiger partial charge on any atom is 0.230 e. The molecule has 0 saturated carbocycles. The van der Waals surface area contributed by atoms with Crippen LogP contribution < -0.4 is 11.1 Å². The van der Waals surface area contributed by atoms with Crippen LogP contribution in [-0.4, -0.2) is 16.1 Å². The van der Waals surface area contributed by atoms with E-state index in [0.29, 0.717) is 0 Å². The number of rotatable bonds is 4. The van der Waals surface area contributed by atoms with E-state index in [1.165, 1.54) is 0 Å². The number of H-pyrrole nitrogens is 1. The molecule has 18 heavy (non-hydrogen) atoms. The molecule has 0 fully saturated rings. The number of aromatic nitrogens is 2. The number of nitrogens with two attached hydrogens (primary N) is 1. The molecule has 0 radical (unpaired) electrons. The van der Waals surface area contributed by atoms with E-state index in [4.69, 9.17) is 5.73 Å². The fourth-order valence-corrected chi connectivity index (χ4v) is 1.63. The summed E-state index contributed by atoms with van der Waals surface area (Å²) >= 11 is 0. The molecule has 2 rings (SSSR count). The number of anilines is 1. The van der Waals surface area contributed by atoms with Gasteiger partial charge in [-0.25, -0.2) is 0 Å². The number of benzene rings is 1. The molecule has 5 heteroatoms. The highest BCUT2D eigenvalue weighted by atomic mass is 16.1. The number of aromatic amines is 1. The third-order valence-corrected chi connectivity index (χ3v) is 2.63. The Balaban J connectivity index is 1.95. The van der Waals surface area contributed by atoms with Crippen molar-refractivity contribution in [3.05, 3.63) is 47.8 Å². The molecule has 1 heterocycles. The summed E-state index contributed by atoms with van der Waals surface area (Å²) < 4.78 is 0. The zero-order valence-corrected chi connectivity index (χ0v) is 10.2. The molecule has 5 nitrogen and oxygen atoms in total. The molecular formula is C13H16N4O. The third kappa shape index (κ3) is 3.18. The Kier molecular flexibility index (Phi) is 3.74. The van der Waals surface area contributed by atoms with Gasteiger partial charge in [-0.05, 0) is 30.7 Å². The number of hydrogen-bond acceptors (Lipinski definition) is 3. The standard InChI is InChI=1S/C13H16N4O/c1-9(14)10-2-4-11(5-3-10)16-13(18)8-12-6-7-15-17-12/h2-7,9H,8,14H2,1H3,(H,15,17)(H,16,18). The van der Waals surface area contributed by atoms with Gasteiger partial charge in [-0.1, -0.05) is 12.1 Å². The average molecular weight is 244 g/mol. The number of carbonyl (C=O) groups is 1. The van der Waals surface area contributed by atoms with Crippen molar-refractivity contribution in [1.82, 2.24) is 10.2 Å². The van der Waals surface area contributed by atoms with Crippen molar-refractivity contribution < 1.29 is 4.79 Å². The molecule has 4 N–H and O–H groups in total. The molecular weight excluding hydrogens is 228 g/mol. The molecule has 94 valence electrons. The molecule has 0 aliphatic rings. The summed E-state index contributed by atoms with van der Waals surface area (Å²) in [6.45, 7) is 1.92. The first-order valence-electron chi connectivity index (χ1n) is 5.79. The Labute approximate surface area is 105 Å². The second-order valence-electron chi connectivity index (χ2n) is 4.22. The molecule has 0 aliphatic carbocycles. The van der Waals surface area contributed by atoms with Crippen molar-refractivity contribution in [2.45, 2.75) is 19.4 Å². The highest BCUT2D eigenvalue weighted by Crippen LogP contribution is 2.14. The highest BCUT2D eigenvalue weighted by molar-refractivity contribution is 5.91. The van der Waals surface area contributed by atoms with Gasteiger partial charge in [0, 0.05) is 23.6 Å². The summed E-state index contributed by atoms with van der Waals surface area (Å²) in [5.41, 5.74) is 8.36. The van der Waals surface area contributed by atoms with E-state index >= 15 is 0 Å². The van der Waals surface area contributed by atoms with E-state index in [0.717, 1.165) is 16.9 Å². The van der Waals surface area contributed by atoms with Crippen LogP contribution in [0.2, 0.25) is 0 Å². The van der Waals surface area contributed by atoms with E-state index < -0.39 is 0 Å². The van der Waals surface area contributed by atoms with Gasteiger partial charge < -0.3 is 11.1 Å². The minimum absolute atomic E-state index is 0.000236. The second-order valence-corrected chi connectivity index (χ2v) is 4.22. The van der Waals surface area contributed by atoms with Gasteiger partial charge in [0.1, 0.15) is 0 Å². The van der Waals surface area contributed by atoms with Crippen LogP contribution in [0, 0.1) is 0 Å². The monoisotopic (exact) mass is 244 g/mol. The van der Waals surface area contributed by atoms with Crippen molar-refractivity contribution in [3.8, 4) is 0 Å². The van der Waals surface area contributed by atoms with Crippen LogP contribution in [0.25, 0.3) is 0 Å². The molecule has 1 aromatic heterocycles. The first-order chi connectivity index (χ1) is 8.65. The van der Waals surface area contributed by atoms with Crippen LogP contribution in [0.15, 0.2) is 36.5 Å². The first-order valence-corrected chi connectivity index (χ1v) is 5.79. The summed E-state index contributed by atoms with van der Waals surface area (Å²) in [5, 5.41) is 9.36. The van der Waals surface area contributed by atoms with Crippen LogP contribution in [0.5, 0.6) is 0 Å². The predicted octanol–water partition coefficient (Wildman–Crippen LogP) is 1.61. The molecule has 0 saturated heterocycles. The highest BCUT2D eigenvalue weighted by Gasteiger charge is 2.05. The molecule has 1 atom stereocenters. The van der Waals surface area contributed by atoms with Gasteiger partial charge in [0.15, 0.2) is 0 Å². The Bertz CT molecular complexity index is 502. The Morgan fingerprint density at radius 2 is 2.11 bits per heavy atom. The second kappa shape index (κ2) is 5.46. The van der Waals surface area contributed by atoms with Gasteiger partial charge in [-0.15, -0.1) is 0 Å². The predicted molar refractivity (Wildman–Crippen MR) is 70.0 cm³/mol. The van der Waals surface area contributed by atoms with Crippen LogP contribution >= 0.6 is 0 Å². The van der Waals surface area contributed by atoms with Crippen LogP contribution in [0.4, 0.5) is 5.69 Å². The van der Waals surface area contributed by atoms with E-state index in [2.05, 4.69) is 15.5 Å². The summed E-state index contributed by atoms with van der Waals surface area (Å²) in [6.07, 6.45) is 1.91. The average Bonchev–Trinajstić information content (AvgIpc) is 2.82. The quantitative estimate of drug-likeness (QED) is 0.764. The first kappa shape index (κ1) is 12.3. The summed E-state index contributed by atoms with van der Waals surface area (Å²) in [4.78, 5) is 11.7. The minimum atomic E-state index is -0.0761. The van der Waals surface area contributed by atoms with Gasteiger partial charge in [-0.3, -0.25) is 9.89 Å². The van der Waals surface area contributed by atoms with Crippen molar-refractivity contribution in [3.63, 3.8) is 0 Å². The number of hydrogen-bond donors (Lipinski definition) is 3. The van der Waals surface area contributed by atoms with E-state index in [-0.39, 0.29) is 18.4 Å². The molecule has 2 aromatic rings. The van der Waals surface area contributed by atoms with Crippen molar-refractivity contribution in [1.29, 1.82) is 0 Å². The lowest BCUT2D eigenvalue weighted by molar-refractivity contribution is -0.115. The van der Waals surface area contributed by atoms with Crippen molar-refractivity contribution in [2.75, 3.05) is 5.32 Å². The fourth-order valence-electron chi connectivity index (χ4n) is 1.63. The maximum atomic E-state index is 11.7. The van der Waals surface area contributed by atoms with Crippen molar-refractivity contribution >= 4 is 11.6 Å². The molecule has 0 aliphatic heterocycles. The number of nitrogens with one attached hydrogen (secondary N) is 2. The lowest BCUT2D eigenvalue weighted by Crippen LogP contribution is -2.14. The molecule has 1 aromatic carbocycles. The lowest BCUT2D eigenvalue weighted by Gasteiger charge is -2.08. The lowest BCUT2D eigenvalue weighted by atomic mass is 10.1. The number of amides is 1. The summed E-state index contributed by atoms with van der Waals surface area (Å²) in [7, 11) is 0. The molecule has 1 unspecified atom stereocenters. The summed E-state index contributed by atoms with van der Waals surface area (Å²) in [5.74, 6) is -0.0761. The topological polar surface area (TPSA) is 83.8 Å². The zero-order chi connectivity index (χ0) is 13.0. The molecule has 0 bridgehead atoms. The fraction of sp³-hybridized carbons (Fsp3) is 0.231. The maximum absolute atomic E-state index is 11.7. The SMILES string of the molecule is CC(N)c1ccc(NC(=O)Cc2ccn[nH]2)cc1. The number of carbonyl (C=O) groups excluding carboxylic acids is 1. The van der Waals surface area contributed by atoms with Gasteiger partial charge in [0.05, 0.1) is 6.42 Å². The van der Waals surface area contributed by atoms with Crippen molar-refractivity contribution in [2.24, 2.45) is 5.73 Å². The van der Waals surface area contributed by atoms with E-state index in [1.807, 2.05) is 31.2 Å². The Hall–Kier alpha value is -2.14. The summed E-state index contributed by atoms with van der Waals surface area (Å²) in [6, 6.07) is 9.30. The van der Waals surface area contributed by atoms with Gasteiger partial charge in [0.25, 0.3) is 0 Å². The zero-order valence-electron chi connectivity index (χ0n) is 10.2. The Morgan fingerprint density at radius 1 is 1.39 bits per heavy atom.